The first-order valence-corrected chi connectivity index (χ1v) is 10.6. The van der Waals surface area contributed by atoms with E-state index in [1.165, 1.54) is 9.25 Å². The third kappa shape index (κ3) is 3.76. The summed E-state index contributed by atoms with van der Waals surface area (Å²) in [5.41, 5.74) is 2.70. The van der Waals surface area contributed by atoms with Crippen LogP contribution in [0.5, 0.6) is 11.6 Å². The second kappa shape index (κ2) is 7.85. The minimum atomic E-state index is -0.632. The zero-order valence-electron chi connectivity index (χ0n) is 19.5. The Morgan fingerprint density at radius 1 is 1.21 bits per heavy atom. The highest BCUT2D eigenvalue weighted by Gasteiger charge is 2.26. The number of aromatic hydroxyl groups is 1. The van der Waals surface area contributed by atoms with Crippen molar-refractivity contribution in [1.82, 2.24) is 14.3 Å². The summed E-state index contributed by atoms with van der Waals surface area (Å²) in [5, 5.41) is 26.0. The zero-order chi connectivity index (χ0) is 24.1. The second-order valence-corrected chi connectivity index (χ2v) is 9.03. The summed E-state index contributed by atoms with van der Waals surface area (Å²) in [7, 11) is 1.58. The van der Waals surface area contributed by atoms with Crippen LogP contribution in [0.4, 0.5) is 4.79 Å². The highest BCUT2D eigenvalue weighted by molar-refractivity contribution is 5.95. The minimum Gasteiger partial charge on any atom is -0.496 e. The molecular weight excluding hydrogens is 420 g/mol. The molecule has 2 aromatic carbocycles. The maximum atomic E-state index is 12.9. The number of aromatic nitrogens is 3. The van der Waals surface area contributed by atoms with Gasteiger partial charge in [0.25, 0.3) is 0 Å². The molecule has 1 unspecified atom stereocenters. The highest BCUT2D eigenvalue weighted by Crippen LogP contribution is 2.40. The Balaban J connectivity index is 1.91. The van der Waals surface area contributed by atoms with Crippen molar-refractivity contribution in [2.24, 2.45) is 0 Å². The van der Waals surface area contributed by atoms with Crippen molar-refractivity contribution >= 4 is 27.9 Å². The molecule has 8 heteroatoms. The Morgan fingerprint density at radius 2 is 1.94 bits per heavy atom. The van der Waals surface area contributed by atoms with E-state index in [4.69, 9.17) is 9.47 Å². The lowest BCUT2D eigenvalue weighted by Gasteiger charge is -2.21. The molecule has 8 nitrogen and oxygen atoms in total. The van der Waals surface area contributed by atoms with Gasteiger partial charge in [-0.05, 0) is 70.5 Å². The molecule has 0 amide bonds. The number of hydrogen-bond acceptors (Lipinski definition) is 6. The van der Waals surface area contributed by atoms with Crippen LogP contribution in [0.3, 0.4) is 0 Å². The van der Waals surface area contributed by atoms with Crippen molar-refractivity contribution in [1.29, 1.82) is 5.26 Å². The van der Waals surface area contributed by atoms with Crippen molar-refractivity contribution in [3.05, 3.63) is 53.2 Å². The third-order valence-corrected chi connectivity index (χ3v) is 5.56. The van der Waals surface area contributed by atoms with Crippen LogP contribution in [-0.4, -0.2) is 38.3 Å². The van der Waals surface area contributed by atoms with Gasteiger partial charge >= 0.3 is 6.09 Å². The van der Waals surface area contributed by atoms with Crippen LogP contribution in [0, 0.1) is 18.3 Å². The van der Waals surface area contributed by atoms with Crippen LogP contribution in [-0.2, 0) is 4.74 Å². The first-order chi connectivity index (χ1) is 15.6. The minimum absolute atomic E-state index is 0.0445. The number of methoxy groups -OCH3 is 1. The number of carbonyl (C=O) groups excluding carboxylic acids is 1. The van der Waals surface area contributed by atoms with Gasteiger partial charge in [-0.3, -0.25) is 4.57 Å². The fourth-order valence-electron chi connectivity index (χ4n) is 4.14. The predicted octanol–water partition coefficient (Wildman–Crippen LogP) is 5.28. The molecule has 33 heavy (non-hydrogen) atoms. The monoisotopic (exact) mass is 446 g/mol. The average molecular weight is 447 g/mol. The van der Waals surface area contributed by atoms with Crippen LogP contribution in [0.2, 0.25) is 0 Å². The summed E-state index contributed by atoms with van der Waals surface area (Å²) in [5.74, 6) is 0.572. The SMILES string of the molecule is COc1cc(C)c2c(ccn2C(=O)OC(C)(C)C)c1C(C)n1nc2ccc(C#N)cc2c1O. The Labute approximate surface area is 191 Å². The van der Waals surface area contributed by atoms with Crippen molar-refractivity contribution in [2.45, 2.75) is 46.3 Å². The van der Waals surface area contributed by atoms with Gasteiger partial charge in [-0.25, -0.2) is 9.48 Å². The van der Waals surface area contributed by atoms with E-state index in [9.17, 15) is 15.2 Å². The summed E-state index contributed by atoms with van der Waals surface area (Å²) < 4.78 is 14.3. The molecule has 1 N–H and O–H groups in total. The lowest BCUT2D eigenvalue weighted by molar-refractivity contribution is 0.0544. The quantitative estimate of drug-likeness (QED) is 0.459. The number of fused-ring (bicyclic) bond motifs is 2. The number of ether oxygens (including phenoxy) is 2. The smallest absolute Gasteiger partial charge is 0.419 e. The van der Waals surface area contributed by atoms with Gasteiger partial charge in [-0.1, -0.05) is 0 Å². The Kier molecular flexibility index (Phi) is 5.29. The van der Waals surface area contributed by atoms with Gasteiger partial charge in [0.05, 0.1) is 41.2 Å². The molecule has 170 valence electrons. The lowest BCUT2D eigenvalue weighted by Crippen LogP contribution is -2.26. The van der Waals surface area contributed by atoms with E-state index in [2.05, 4.69) is 11.2 Å². The van der Waals surface area contributed by atoms with E-state index in [-0.39, 0.29) is 5.88 Å². The topological polar surface area (TPSA) is 102 Å². The third-order valence-electron chi connectivity index (χ3n) is 5.56. The Bertz CT molecular complexity index is 1430. The standard InChI is InChI=1S/C25H26N4O4/c1-14-11-20(32-6)21(17-9-10-28(22(14)17)24(31)33-25(3,4)5)15(2)29-23(30)18-12-16(13-26)7-8-19(18)27-29/h7-12,15,30H,1-6H3. The highest BCUT2D eigenvalue weighted by atomic mass is 16.6. The summed E-state index contributed by atoms with van der Waals surface area (Å²) in [4.78, 5) is 12.9. The van der Waals surface area contributed by atoms with Gasteiger partial charge in [-0.15, -0.1) is 0 Å². The summed E-state index contributed by atoms with van der Waals surface area (Å²) >= 11 is 0. The van der Waals surface area contributed by atoms with Crippen molar-refractivity contribution in [3.8, 4) is 17.7 Å². The molecule has 0 bridgehead atoms. The maximum absolute atomic E-state index is 12.9. The van der Waals surface area contributed by atoms with Gasteiger partial charge in [0, 0.05) is 17.1 Å². The van der Waals surface area contributed by atoms with E-state index in [0.717, 1.165) is 16.5 Å². The van der Waals surface area contributed by atoms with Crippen molar-refractivity contribution < 1.29 is 19.4 Å². The number of aryl methyl sites for hydroxylation is 1. The second-order valence-electron chi connectivity index (χ2n) is 9.03. The molecule has 0 radical (unpaired) electrons. The Morgan fingerprint density at radius 3 is 2.58 bits per heavy atom. The molecule has 0 aliphatic carbocycles. The van der Waals surface area contributed by atoms with E-state index in [0.29, 0.717) is 27.7 Å². The van der Waals surface area contributed by atoms with E-state index >= 15 is 0 Å². The van der Waals surface area contributed by atoms with E-state index in [1.54, 1.807) is 31.5 Å². The number of rotatable bonds is 3. The van der Waals surface area contributed by atoms with Crippen molar-refractivity contribution in [3.63, 3.8) is 0 Å². The predicted molar refractivity (Wildman–Crippen MR) is 125 cm³/mol. The molecule has 0 saturated heterocycles. The number of benzene rings is 2. The molecule has 1 atom stereocenters. The van der Waals surface area contributed by atoms with Crippen LogP contribution in [0.15, 0.2) is 36.5 Å². The number of nitrogens with zero attached hydrogens (tertiary/aromatic N) is 4. The first-order valence-electron chi connectivity index (χ1n) is 10.6. The van der Waals surface area contributed by atoms with Gasteiger partial charge in [0.15, 0.2) is 0 Å². The average Bonchev–Trinajstić information content (AvgIpc) is 3.34. The zero-order valence-corrected chi connectivity index (χ0v) is 19.5. The largest absolute Gasteiger partial charge is 0.496 e. The molecule has 0 spiro atoms. The van der Waals surface area contributed by atoms with Crippen LogP contribution < -0.4 is 4.74 Å². The molecule has 0 saturated carbocycles. The van der Waals surface area contributed by atoms with Gasteiger partial charge in [0.2, 0.25) is 5.88 Å². The molecule has 4 rings (SSSR count). The summed E-state index contributed by atoms with van der Waals surface area (Å²) in [6, 6.07) is 10.3. The van der Waals surface area contributed by atoms with E-state index < -0.39 is 17.7 Å². The Hall–Kier alpha value is -3.99. The molecular formula is C25H26N4O4. The fraction of sp³-hybridized carbons (Fsp3) is 0.320. The molecule has 2 heterocycles. The normalized spacial score (nSPS) is 12.6. The summed E-state index contributed by atoms with van der Waals surface area (Å²) in [6.45, 7) is 9.27. The first kappa shape index (κ1) is 22.2. The number of nitriles is 1. The molecule has 4 aromatic rings. The number of carbonyl (C=O) groups is 1. The molecule has 0 fully saturated rings. The van der Waals surface area contributed by atoms with Gasteiger partial charge < -0.3 is 14.6 Å². The van der Waals surface area contributed by atoms with Crippen LogP contribution in [0.1, 0.15) is 50.4 Å². The molecule has 0 aliphatic heterocycles. The van der Waals surface area contributed by atoms with E-state index in [1.807, 2.05) is 46.8 Å². The fourth-order valence-corrected chi connectivity index (χ4v) is 4.14. The lowest BCUT2D eigenvalue weighted by atomic mass is 9.99. The molecule has 0 aliphatic rings. The maximum Gasteiger partial charge on any atom is 0.419 e. The van der Waals surface area contributed by atoms with Gasteiger partial charge in [-0.2, -0.15) is 10.4 Å². The molecule has 2 aromatic heterocycles. The van der Waals surface area contributed by atoms with Crippen LogP contribution in [0.25, 0.3) is 21.8 Å². The van der Waals surface area contributed by atoms with Crippen LogP contribution >= 0.6 is 0 Å². The van der Waals surface area contributed by atoms with Gasteiger partial charge in [0.1, 0.15) is 11.4 Å². The summed E-state index contributed by atoms with van der Waals surface area (Å²) in [6.07, 6.45) is 1.21. The number of hydrogen-bond donors (Lipinski definition) is 1. The van der Waals surface area contributed by atoms with Crippen molar-refractivity contribution in [2.75, 3.05) is 7.11 Å².